The van der Waals surface area contributed by atoms with E-state index in [-0.39, 0.29) is 30.2 Å². The lowest BCUT2D eigenvalue weighted by Crippen LogP contribution is -2.49. The number of aromatic nitrogens is 2. The van der Waals surface area contributed by atoms with E-state index in [4.69, 9.17) is 4.42 Å². The summed E-state index contributed by atoms with van der Waals surface area (Å²) in [4.78, 5) is 28.2. The predicted molar refractivity (Wildman–Crippen MR) is 91.3 cm³/mol. The van der Waals surface area contributed by atoms with E-state index in [2.05, 4.69) is 15.5 Å². The Bertz CT molecular complexity index is 696. The van der Waals surface area contributed by atoms with Gasteiger partial charge in [0.15, 0.2) is 0 Å². The van der Waals surface area contributed by atoms with Crippen LogP contribution in [0.4, 0.5) is 8.78 Å². The number of nitrogens with one attached hydrogen (secondary N) is 1. The molecule has 3 rings (SSSR count). The molecule has 2 atom stereocenters. The van der Waals surface area contributed by atoms with Crippen molar-refractivity contribution in [1.82, 2.24) is 25.3 Å². The second-order valence-electron chi connectivity index (χ2n) is 7.51. The van der Waals surface area contributed by atoms with Gasteiger partial charge in [0.1, 0.15) is 0 Å². The van der Waals surface area contributed by atoms with Gasteiger partial charge in [-0.2, -0.15) is 0 Å². The van der Waals surface area contributed by atoms with Gasteiger partial charge >= 0.3 is 11.8 Å². The van der Waals surface area contributed by atoms with Gasteiger partial charge in [0.25, 0.3) is 5.92 Å². The number of alkyl halides is 2. The van der Waals surface area contributed by atoms with Crippen molar-refractivity contribution in [3.8, 4) is 0 Å². The van der Waals surface area contributed by atoms with Crippen LogP contribution in [0.3, 0.4) is 0 Å². The van der Waals surface area contributed by atoms with Crippen molar-refractivity contribution in [3.63, 3.8) is 0 Å². The molecule has 0 bridgehead atoms. The molecule has 0 spiro atoms. The highest BCUT2D eigenvalue weighted by molar-refractivity contribution is 5.89. The number of hydrogen-bond donors (Lipinski definition) is 1. The van der Waals surface area contributed by atoms with Crippen LogP contribution in [0.2, 0.25) is 0 Å². The standard InChI is InChI=1S/C17H25F2N5O3/c1-11-21-22-15(27-11)14(25)20-13-5-4-12(8-23(2)9-13)16(26)24-7-3-6-17(18,19)10-24/h12-13H,3-10H2,1-2H3,(H,20,25)/t12-,13+/m1/s1. The number of halogens is 2. The maximum atomic E-state index is 13.6. The first-order chi connectivity index (χ1) is 12.7. The minimum absolute atomic E-state index is 0.0948. The highest BCUT2D eigenvalue weighted by Crippen LogP contribution is 2.28. The Morgan fingerprint density at radius 3 is 2.70 bits per heavy atom. The molecule has 8 nitrogen and oxygen atoms in total. The van der Waals surface area contributed by atoms with Gasteiger partial charge in [-0.15, -0.1) is 10.2 Å². The Morgan fingerprint density at radius 1 is 1.26 bits per heavy atom. The third-order valence-electron chi connectivity index (χ3n) is 5.04. The van der Waals surface area contributed by atoms with Crippen molar-refractivity contribution in [3.05, 3.63) is 11.8 Å². The van der Waals surface area contributed by atoms with Gasteiger partial charge in [0.2, 0.25) is 11.8 Å². The van der Waals surface area contributed by atoms with Gasteiger partial charge in [-0.05, 0) is 26.3 Å². The number of nitrogens with zero attached hydrogens (tertiary/aromatic N) is 4. The van der Waals surface area contributed by atoms with E-state index in [1.807, 2.05) is 11.9 Å². The quantitative estimate of drug-likeness (QED) is 0.837. The molecule has 3 heterocycles. The molecule has 2 aliphatic heterocycles. The molecule has 1 N–H and O–H groups in total. The highest BCUT2D eigenvalue weighted by Gasteiger charge is 2.39. The zero-order valence-corrected chi connectivity index (χ0v) is 15.6. The number of likely N-dealkylation sites (tertiary alicyclic amines) is 2. The van der Waals surface area contributed by atoms with Crippen LogP contribution in [0.1, 0.15) is 42.3 Å². The van der Waals surface area contributed by atoms with Crippen molar-refractivity contribution >= 4 is 11.8 Å². The van der Waals surface area contributed by atoms with Crippen molar-refractivity contribution in [2.45, 2.75) is 44.6 Å². The Morgan fingerprint density at radius 2 is 2.04 bits per heavy atom. The van der Waals surface area contributed by atoms with Crippen molar-refractivity contribution in [2.24, 2.45) is 5.92 Å². The summed E-state index contributed by atoms with van der Waals surface area (Å²) in [5.74, 6) is -3.61. The van der Waals surface area contributed by atoms with Crippen LogP contribution in [-0.4, -0.2) is 77.0 Å². The molecule has 0 radical (unpaired) electrons. The zero-order chi connectivity index (χ0) is 19.6. The Balaban J connectivity index is 1.58. The molecule has 2 fully saturated rings. The normalized spacial score (nSPS) is 26.4. The van der Waals surface area contributed by atoms with Crippen LogP contribution >= 0.6 is 0 Å². The average Bonchev–Trinajstić information content (AvgIpc) is 2.94. The number of carbonyl (C=O) groups is 2. The van der Waals surface area contributed by atoms with Crippen molar-refractivity contribution < 1.29 is 22.8 Å². The summed E-state index contributed by atoms with van der Waals surface area (Å²) in [5, 5.41) is 10.2. The molecule has 0 unspecified atom stereocenters. The lowest BCUT2D eigenvalue weighted by atomic mass is 9.98. The molecule has 1 aromatic heterocycles. The van der Waals surface area contributed by atoms with Crippen LogP contribution in [-0.2, 0) is 4.79 Å². The fraction of sp³-hybridized carbons (Fsp3) is 0.765. The summed E-state index contributed by atoms with van der Waals surface area (Å²) in [5.41, 5.74) is 0. The monoisotopic (exact) mass is 385 g/mol. The molecule has 2 saturated heterocycles. The smallest absolute Gasteiger partial charge is 0.309 e. The fourth-order valence-corrected chi connectivity index (χ4v) is 3.78. The van der Waals surface area contributed by atoms with E-state index in [0.717, 1.165) is 0 Å². The summed E-state index contributed by atoms with van der Waals surface area (Å²) in [6.07, 6.45) is 1.26. The number of amides is 2. The molecule has 2 aliphatic rings. The number of aryl methyl sites for hydroxylation is 1. The molecule has 27 heavy (non-hydrogen) atoms. The number of likely N-dealkylation sites (N-methyl/N-ethyl adjacent to an activating group) is 1. The molecule has 0 aromatic carbocycles. The number of hydrogen-bond acceptors (Lipinski definition) is 6. The maximum absolute atomic E-state index is 13.6. The lowest BCUT2D eigenvalue weighted by molar-refractivity contribution is -0.146. The molecule has 150 valence electrons. The molecule has 0 saturated carbocycles. The third-order valence-corrected chi connectivity index (χ3v) is 5.04. The van der Waals surface area contributed by atoms with Crippen LogP contribution in [0.5, 0.6) is 0 Å². The van der Waals surface area contributed by atoms with Crippen LogP contribution in [0.15, 0.2) is 4.42 Å². The highest BCUT2D eigenvalue weighted by atomic mass is 19.3. The summed E-state index contributed by atoms with van der Waals surface area (Å²) in [6.45, 7) is 2.52. The predicted octanol–water partition coefficient (Wildman–Crippen LogP) is 1.08. The fourth-order valence-electron chi connectivity index (χ4n) is 3.78. The van der Waals surface area contributed by atoms with Gasteiger partial charge in [-0.1, -0.05) is 0 Å². The number of carbonyl (C=O) groups excluding carboxylic acids is 2. The van der Waals surface area contributed by atoms with E-state index in [9.17, 15) is 18.4 Å². The molecular formula is C17H25F2N5O3. The average molecular weight is 385 g/mol. The van der Waals surface area contributed by atoms with E-state index in [1.54, 1.807) is 6.92 Å². The second-order valence-corrected chi connectivity index (χ2v) is 7.51. The van der Waals surface area contributed by atoms with Gasteiger partial charge in [0, 0.05) is 39.0 Å². The zero-order valence-electron chi connectivity index (χ0n) is 15.6. The molecule has 1 aromatic rings. The first-order valence-electron chi connectivity index (χ1n) is 9.19. The summed E-state index contributed by atoms with van der Waals surface area (Å²) in [6, 6.07) is -0.185. The minimum Gasteiger partial charge on any atom is -0.417 e. The lowest BCUT2D eigenvalue weighted by Gasteiger charge is -2.35. The molecule has 2 amide bonds. The first-order valence-corrected chi connectivity index (χ1v) is 9.19. The van der Waals surface area contributed by atoms with Gasteiger partial charge < -0.3 is 19.5 Å². The van der Waals surface area contributed by atoms with Crippen LogP contribution in [0, 0.1) is 12.8 Å². The topological polar surface area (TPSA) is 91.6 Å². The third kappa shape index (κ3) is 5.00. The summed E-state index contributed by atoms with van der Waals surface area (Å²) >= 11 is 0. The van der Waals surface area contributed by atoms with Crippen molar-refractivity contribution in [1.29, 1.82) is 0 Å². The van der Waals surface area contributed by atoms with Crippen molar-refractivity contribution in [2.75, 3.05) is 33.2 Å². The molecule has 10 heteroatoms. The second kappa shape index (κ2) is 7.87. The largest absolute Gasteiger partial charge is 0.417 e. The van der Waals surface area contributed by atoms with Gasteiger partial charge in [-0.25, -0.2) is 8.78 Å². The molecular weight excluding hydrogens is 360 g/mol. The Hall–Kier alpha value is -2.10. The SMILES string of the molecule is Cc1nnc(C(=O)N[C@H]2CC[C@@H](C(=O)N3CCCC(F)(F)C3)CN(C)C2)o1. The number of rotatable bonds is 3. The number of piperidine rings is 1. The van der Waals surface area contributed by atoms with E-state index >= 15 is 0 Å². The maximum Gasteiger partial charge on any atom is 0.309 e. The van der Waals surface area contributed by atoms with Crippen LogP contribution < -0.4 is 5.32 Å². The van der Waals surface area contributed by atoms with Gasteiger partial charge in [0.05, 0.1) is 12.5 Å². The first kappa shape index (κ1) is 19.7. The summed E-state index contributed by atoms with van der Waals surface area (Å²) in [7, 11) is 1.85. The van der Waals surface area contributed by atoms with E-state index in [1.165, 1.54) is 4.90 Å². The Labute approximate surface area is 156 Å². The van der Waals surface area contributed by atoms with E-state index in [0.29, 0.717) is 44.8 Å². The van der Waals surface area contributed by atoms with E-state index < -0.39 is 18.4 Å². The summed E-state index contributed by atoms with van der Waals surface area (Å²) < 4.78 is 32.4. The Kier molecular flexibility index (Phi) is 5.73. The van der Waals surface area contributed by atoms with Gasteiger partial charge in [-0.3, -0.25) is 9.59 Å². The minimum atomic E-state index is -2.80. The van der Waals surface area contributed by atoms with Crippen LogP contribution in [0.25, 0.3) is 0 Å². The molecule has 0 aliphatic carbocycles.